The Kier molecular flexibility index (Phi) is 6.33. The largest absolute Gasteiger partial charge is 0.477 e. The van der Waals surface area contributed by atoms with Crippen molar-refractivity contribution >= 4 is 62.5 Å². The summed E-state index contributed by atoms with van der Waals surface area (Å²) in [4.78, 5) is 48.3. The first-order chi connectivity index (χ1) is 17.4. The number of fused-ring (bicyclic) bond motifs is 2. The fourth-order valence-electron chi connectivity index (χ4n) is 4.16. The van der Waals surface area contributed by atoms with Crippen LogP contribution in [0.1, 0.15) is 5.69 Å². The van der Waals surface area contributed by atoms with Crippen LogP contribution < -0.4 is 15.6 Å². The van der Waals surface area contributed by atoms with Gasteiger partial charge in [-0.15, -0.1) is 23.1 Å². The van der Waals surface area contributed by atoms with Gasteiger partial charge in [-0.1, -0.05) is 11.2 Å². The van der Waals surface area contributed by atoms with Crippen molar-refractivity contribution in [2.75, 3.05) is 18.6 Å². The van der Waals surface area contributed by atoms with Crippen molar-refractivity contribution in [2.45, 2.75) is 18.0 Å². The molecule has 3 aromatic rings. The summed E-state index contributed by atoms with van der Waals surface area (Å²) in [5.74, 6) is -1.78. The first-order valence-electron chi connectivity index (χ1n) is 10.8. The molecule has 2 atom stereocenters. The van der Waals surface area contributed by atoms with Crippen LogP contribution in [0.15, 0.2) is 64.5 Å². The number of aliphatic carboxylic acids is 1. The quantitative estimate of drug-likeness (QED) is 0.179. The Hall–Kier alpha value is -3.97. The van der Waals surface area contributed by atoms with E-state index in [9.17, 15) is 19.5 Å². The van der Waals surface area contributed by atoms with E-state index in [1.54, 1.807) is 29.5 Å². The molecule has 2 aliphatic rings. The molecule has 11 nitrogen and oxygen atoms in total. The van der Waals surface area contributed by atoms with Gasteiger partial charge in [0.15, 0.2) is 24.7 Å². The maximum atomic E-state index is 13.0. The lowest BCUT2D eigenvalue weighted by Gasteiger charge is -2.49. The van der Waals surface area contributed by atoms with Gasteiger partial charge in [-0.25, -0.2) is 9.78 Å². The van der Waals surface area contributed by atoms with Gasteiger partial charge in [0.2, 0.25) is 0 Å². The zero-order valence-corrected chi connectivity index (χ0v) is 20.6. The molecule has 3 aromatic heterocycles. The molecule has 36 heavy (non-hydrogen) atoms. The molecule has 1 saturated heterocycles. The topological polar surface area (TPSA) is 151 Å². The average molecular weight is 526 g/mol. The number of nitrogen functional groups attached to an aromatic ring is 1. The van der Waals surface area contributed by atoms with Gasteiger partial charge in [-0.3, -0.25) is 14.5 Å². The third-order valence-electron chi connectivity index (χ3n) is 5.78. The number of hydrogen-bond donors (Lipinski definition) is 3. The molecule has 184 valence electrons. The minimum atomic E-state index is -1.18. The van der Waals surface area contributed by atoms with Gasteiger partial charge in [0.05, 0.1) is 4.70 Å². The lowest BCUT2D eigenvalue weighted by Crippen LogP contribution is -2.71. The lowest BCUT2D eigenvalue weighted by molar-refractivity contribution is -0.687. The van der Waals surface area contributed by atoms with E-state index in [-0.39, 0.29) is 22.9 Å². The van der Waals surface area contributed by atoms with Crippen molar-refractivity contribution in [3.63, 3.8) is 0 Å². The Bertz CT molecular complexity index is 1450. The number of anilines is 1. The summed E-state index contributed by atoms with van der Waals surface area (Å²) < 4.78 is 3.00. The highest BCUT2D eigenvalue weighted by Crippen LogP contribution is 2.40. The van der Waals surface area contributed by atoms with E-state index >= 15 is 0 Å². The van der Waals surface area contributed by atoms with E-state index in [4.69, 9.17) is 10.6 Å². The Morgan fingerprint density at radius 2 is 2.19 bits per heavy atom. The Morgan fingerprint density at radius 1 is 1.36 bits per heavy atom. The SMILES string of the molecule is CO/N=C(\C(=O)NC1C(=O)N2C(C(=O)O)=C(C[n+]3ccc4ccsc4c3)CS[C@H]12)c1cccc(N)n1. The van der Waals surface area contributed by atoms with E-state index in [1.165, 1.54) is 23.8 Å². The van der Waals surface area contributed by atoms with E-state index in [2.05, 4.69) is 15.5 Å². The highest BCUT2D eigenvalue weighted by molar-refractivity contribution is 8.00. The molecular formula is C23H21N6O5S2+. The Morgan fingerprint density at radius 3 is 2.94 bits per heavy atom. The maximum absolute atomic E-state index is 13.0. The highest BCUT2D eigenvalue weighted by Gasteiger charge is 2.54. The minimum Gasteiger partial charge on any atom is -0.477 e. The molecule has 0 aromatic carbocycles. The number of nitrogens with zero attached hydrogens (tertiary/aromatic N) is 4. The number of amides is 2. The number of carboxylic acids is 1. The van der Waals surface area contributed by atoms with Crippen molar-refractivity contribution in [1.29, 1.82) is 0 Å². The highest BCUT2D eigenvalue weighted by atomic mass is 32.2. The summed E-state index contributed by atoms with van der Waals surface area (Å²) >= 11 is 3.00. The smallest absolute Gasteiger partial charge is 0.352 e. The second-order valence-corrected chi connectivity index (χ2v) is 10.1. The van der Waals surface area contributed by atoms with Crippen molar-refractivity contribution in [3.8, 4) is 0 Å². The van der Waals surface area contributed by atoms with Crippen LogP contribution in [0.3, 0.4) is 0 Å². The van der Waals surface area contributed by atoms with Crippen LogP contribution in [-0.2, 0) is 25.8 Å². The molecule has 0 spiro atoms. The zero-order valence-electron chi connectivity index (χ0n) is 19.0. The number of oxime groups is 1. The standard InChI is InChI=1S/C23H20N6O5S2/c1-34-27-17(14-3-2-4-16(24)25-14)20(30)26-18-21(31)29-19(23(32)33)13(11-36-22(18)29)9-28-7-5-12-6-8-35-15(12)10-28/h2-8,10,18,22H,9,11H2,1H3,(H3-,24,25,26,30,32,33)/p+1/b27-17-/t18?,22-/m1/s1. The summed E-state index contributed by atoms with van der Waals surface area (Å²) in [5.41, 5.74) is 6.32. The van der Waals surface area contributed by atoms with E-state index in [0.29, 0.717) is 17.9 Å². The molecule has 0 aliphatic carbocycles. The molecule has 0 saturated carbocycles. The first kappa shape index (κ1) is 23.8. The number of carboxylic acid groups (broad SMARTS) is 1. The minimum absolute atomic E-state index is 0.0451. The summed E-state index contributed by atoms with van der Waals surface area (Å²) in [6.07, 6.45) is 3.85. The fraction of sp³-hybridized carbons (Fsp3) is 0.217. The third-order valence-corrected chi connectivity index (χ3v) is 7.98. The number of nitrogens with one attached hydrogen (secondary N) is 1. The summed E-state index contributed by atoms with van der Waals surface area (Å²) in [6.45, 7) is 0.335. The summed E-state index contributed by atoms with van der Waals surface area (Å²) in [6, 6.07) is 7.79. The summed E-state index contributed by atoms with van der Waals surface area (Å²) in [5, 5.41) is 18.9. The van der Waals surface area contributed by atoms with E-state index in [0.717, 1.165) is 10.1 Å². The zero-order chi connectivity index (χ0) is 25.4. The van der Waals surface area contributed by atoms with Crippen molar-refractivity contribution in [2.24, 2.45) is 5.16 Å². The molecule has 1 unspecified atom stereocenters. The maximum Gasteiger partial charge on any atom is 0.352 e. The van der Waals surface area contributed by atoms with Crippen LogP contribution in [0.2, 0.25) is 0 Å². The van der Waals surface area contributed by atoms with Gasteiger partial charge in [-0.2, -0.15) is 4.57 Å². The summed E-state index contributed by atoms with van der Waals surface area (Å²) in [7, 11) is 1.28. The van der Waals surface area contributed by atoms with Gasteiger partial charge in [0.25, 0.3) is 11.8 Å². The predicted molar refractivity (Wildman–Crippen MR) is 134 cm³/mol. The van der Waals surface area contributed by atoms with Gasteiger partial charge >= 0.3 is 5.97 Å². The molecule has 0 radical (unpaired) electrons. The Balaban J connectivity index is 1.36. The number of hydrogen-bond acceptors (Lipinski definition) is 9. The number of rotatable bonds is 7. The van der Waals surface area contributed by atoms with Crippen molar-refractivity contribution in [3.05, 3.63) is 65.1 Å². The molecule has 13 heteroatoms. The molecular weight excluding hydrogens is 504 g/mol. The first-order valence-corrected chi connectivity index (χ1v) is 12.7. The van der Waals surface area contributed by atoms with Crippen LogP contribution in [0, 0.1) is 0 Å². The molecule has 0 bridgehead atoms. The van der Waals surface area contributed by atoms with Crippen LogP contribution in [0.4, 0.5) is 5.82 Å². The number of β-lactam (4-membered cyclic amide) rings is 1. The number of pyridine rings is 2. The molecule has 2 aliphatic heterocycles. The molecule has 5 heterocycles. The van der Waals surface area contributed by atoms with Crippen LogP contribution >= 0.6 is 23.1 Å². The predicted octanol–water partition coefficient (Wildman–Crippen LogP) is 0.955. The lowest BCUT2D eigenvalue weighted by atomic mass is 10.0. The number of thioether (sulfide) groups is 1. The Labute approximate surface area is 213 Å². The van der Waals surface area contributed by atoms with E-state index < -0.39 is 29.2 Å². The number of aromatic nitrogens is 2. The van der Waals surface area contributed by atoms with Gasteiger partial charge in [-0.05, 0) is 23.6 Å². The molecule has 5 rings (SSSR count). The monoisotopic (exact) mass is 525 g/mol. The second kappa shape index (κ2) is 9.59. The molecule has 1 fully saturated rings. The van der Waals surface area contributed by atoms with Crippen molar-refractivity contribution < 1.29 is 28.9 Å². The van der Waals surface area contributed by atoms with Crippen molar-refractivity contribution in [1.82, 2.24) is 15.2 Å². The van der Waals surface area contributed by atoms with Gasteiger partial charge < -0.3 is 21.0 Å². The molecule has 4 N–H and O–H groups in total. The number of carbonyl (C=O) groups is 3. The van der Waals surface area contributed by atoms with E-state index in [1.807, 2.05) is 34.5 Å². The average Bonchev–Trinajstić information content (AvgIpc) is 3.33. The van der Waals surface area contributed by atoms with Crippen LogP contribution in [-0.4, -0.2) is 62.8 Å². The number of thiophene rings is 1. The number of nitrogens with two attached hydrogens (primary N) is 1. The normalized spacial score (nSPS) is 19.6. The third kappa shape index (κ3) is 4.27. The van der Waals surface area contributed by atoms with Gasteiger partial charge in [0, 0.05) is 22.8 Å². The second-order valence-electron chi connectivity index (χ2n) is 8.05. The number of carbonyl (C=O) groups excluding carboxylic acids is 2. The van der Waals surface area contributed by atoms with Crippen LogP contribution in [0.5, 0.6) is 0 Å². The fourth-order valence-corrected chi connectivity index (χ4v) is 6.32. The van der Waals surface area contributed by atoms with Crippen LogP contribution in [0.25, 0.3) is 10.1 Å². The molecule has 2 amide bonds. The van der Waals surface area contributed by atoms with Gasteiger partial charge in [0.1, 0.15) is 35.7 Å².